The summed E-state index contributed by atoms with van der Waals surface area (Å²) in [6.07, 6.45) is 0. The highest BCUT2D eigenvalue weighted by molar-refractivity contribution is 6.35. The van der Waals surface area contributed by atoms with E-state index in [-0.39, 0.29) is 11.8 Å². The lowest BCUT2D eigenvalue weighted by Gasteiger charge is -2.34. The molecule has 0 unspecified atom stereocenters. The van der Waals surface area contributed by atoms with Gasteiger partial charge in [-0.1, -0.05) is 18.2 Å². The average molecular weight is 313 g/mol. The summed E-state index contributed by atoms with van der Waals surface area (Å²) in [4.78, 5) is 30.8. The van der Waals surface area contributed by atoms with Crippen LogP contribution in [0.15, 0.2) is 23.9 Å². The van der Waals surface area contributed by atoms with Gasteiger partial charge in [-0.2, -0.15) is 0 Å². The van der Waals surface area contributed by atoms with Gasteiger partial charge in [0.15, 0.2) is 0 Å². The maximum atomic E-state index is 12.6. The second-order valence-corrected chi connectivity index (χ2v) is 6.48. The quantitative estimate of drug-likeness (QED) is 0.771. The van der Waals surface area contributed by atoms with Crippen molar-refractivity contribution in [1.29, 1.82) is 0 Å². The molecule has 1 aromatic carbocycles. The van der Waals surface area contributed by atoms with Gasteiger partial charge >= 0.3 is 0 Å². The molecule has 2 aliphatic rings. The molecule has 0 radical (unpaired) electrons. The third-order valence-electron chi connectivity index (χ3n) is 4.88. The van der Waals surface area contributed by atoms with E-state index in [0.717, 1.165) is 37.3 Å². The van der Waals surface area contributed by atoms with Crippen molar-refractivity contribution in [3.8, 4) is 0 Å². The smallest absolute Gasteiger partial charge is 0.277 e. The number of likely N-dealkylation sites (N-methyl/N-ethyl adjacent to an activating group) is 2. The lowest BCUT2D eigenvalue weighted by molar-refractivity contribution is -0.136. The summed E-state index contributed by atoms with van der Waals surface area (Å²) in [5.41, 5.74) is 4.26. The minimum absolute atomic E-state index is 0.187. The number of hydrogen-bond acceptors (Lipinski definition) is 4. The van der Waals surface area contributed by atoms with Crippen molar-refractivity contribution in [2.75, 3.05) is 40.3 Å². The number of benzene rings is 1. The van der Waals surface area contributed by atoms with Crippen LogP contribution in [0.2, 0.25) is 0 Å². The zero-order valence-electron chi connectivity index (χ0n) is 14.2. The van der Waals surface area contributed by atoms with E-state index in [1.807, 2.05) is 32.0 Å². The van der Waals surface area contributed by atoms with Crippen LogP contribution in [0.25, 0.3) is 5.57 Å². The molecule has 0 saturated carbocycles. The van der Waals surface area contributed by atoms with Crippen molar-refractivity contribution in [2.45, 2.75) is 13.8 Å². The zero-order chi connectivity index (χ0) is 16.7. The number of rotatable bonds is 2. The van der Waals surface area contributed by atoms with Crippen LogP contribution in [0.3, 0.4) is 0 Å². The molecule has 1 aromatic rings. The van der Waals surface area contributed by atoms with E-state index >= 15 is 0 Å². The predicted molar refractivity (Wildman–Crippen MR) is 89.7 cm³/mol. The van der Waals surface area contributed by atoms with Crippen LogP contribution in [0.5, 0.6) is 0 Å². The molecule has 0 N–H and O–H groups in total. The van der Waals surface area contributed by atoms with Gasteiger partial charge in [0.1, 0.15) is 5.70 Å². The van der Waals surface area contributed by atoms with Gasteiger partial charge < -0.3 is 9.80 Å². The lowest BCUT2D eigenvalue weighted by Crippen LogP contribution is -2.45. The molecule has 0 bridgehead atoms. The van der Waals surface area contributed by atoms with Crippen molar-refractivity contribution in [3.05, 3.63) is 40.6 Å². The van der Waals surface area contributed by atoms with Crippen molar-refractivity contribution in [3.63, 3.8) is 0 Å². The summed E-state index contributed by atoms with van der Waals surface area (Å²) in [5.74, 6) is -0.389. The summed E-state index contributed by atoms with van der Waals surface area (Å²) in [5, 5.41) is 0. The molecule has 23 heavy (non-hydrogen) atoms. The van der Waals surface area contributed by atoms with Gasteiger partial charge in [0.25, 0.3) is 11.8 Å². The Balaban J connectivity index is 2.08. The first kappa shape index (κ1) is 15.7. The first-order chi connectivity index (χ1) is 10.9. The van der Waals surface area contributed by atoms with Gasteiger partial charge in [0.2, 0.25) is 0 Å². The lowest BCUT2D eigenvalue weighted by atomic mass is 9.99. The Morgan fingerprint density at radius 2 is 1.52 bits per heavy atom. The Bertz CT molecular complexity index is 700. The first-order valence-electron chi connectivity index (χ1n) is 7.98. The van der Waals surface area contributed by atoms with Gasteiger partial charge in [-0.3, -0.25) is 14.5 Å². The Kier molecular flexibility index (Phi) is 3.98. The fourth-order valence-corrected chi connectivity index (χ4v) is 3.11. The number of piperazine rings is 1. The highest BCUT2D eigenvalue weighted by Crippen LogP contribution is 2.32. The molecule has 2 heterocycles. The van der Waals surface area contributed by atoms with Gasteiger partial charge in [-0.15, -0.1) is 0 Å². The second-order valence-electron chi connectivity index (χ2n) is 6.48. The normalized spacial score (nSPS) is 20.0. The minimum atomic E-state index is -0.202. The summed E-state index contributed by atoms with van der Waals surface area (Å²) in [6.45, 7) is 7.41. The number of amides is 2. The number of imide groups is 1. The summed E-state index contributed by atoms with van der Waals surface area (Å²) in [7, 11) is 3.64. The molecule has 1 saturated heterocycles. The molecular weight excluding hydrogens is 290 g/mol. The van der Waals surface area contributed by atoms with Crippen molar-refractivity contribution in [2.24, 2.45) is 0 Å². The fourth-order valence-electron chi connectivity index (χ4n) is 3.11. The highest BCUT2D eigenvalue weighted by Gasteiger charge is 2.40. The Morgan fingerprint density at radius 3 is 2.13 bits per heavy atom. The van der Waals surface area contributed by atoms with Crippen LogP contribution in [-0.2, 0) is 9.59 Å². The first-order valence-corrected chi connectivity index (χ1v) is 7.98. The van der Waals surface area contributed by atoms with E-state index in [0.29, 0.717) is 11.3 Å². The van der Waals surface area contributed by atoms with Crippen LogP contribution in [0.4, 0.5) is 0 Å². The van der Waals surface area contributed by atoms with Crippen LogP contribution in [0.1, 0.15) is 16.7 Å². The molecule has 0 aliphatic carbocycles. The molecule has 3 rings (SSSR count). The molecule has 122 valence electrons. The van der Waals surface area contributed by atoms with E-state index in [1.165, 1.54) is 10.5 Å². The third-order valence-corrected chi connectivity index (χ3v) is 4.88. The van der Waals surface area contributed by atoms with E-state index in [2.05, 4.69) is 16.8 Å². The van der Waals surface area contributed by atoms with Gasteiger partial charge in [-0.25, -0.2) is 0 Å². The van der Waals surface area contributed by atoms with Crippen LogP contribution < -0.4 is 0 Å². The molecule has 0 atom stereocenters. The Labute approximate surface area is 137 Å². The van der Waals surface area contributed by atoms with E-state index in [4.69, 9.17) is 0 Å². The summed E-state index contributed by atoms with van der Waals surface area (Å²) in [6, 6.07) is 5.96. The molecule has 0 aromatic heterocycles. The zero-order valence-corrected chi connectivity index (χ0v) is 14.2. The SMILES string of the molecule is Cc1ccc(C2=C(N3CCN(C)CC3)C(=O)N(C)C2=O)cc1C. The standard InChI is InChI=1S/C18H23N3O2/c1-12-5-6-14(11-13(12)2)15-16(18(23)20(4)17(15)22)21-9-7-19(3)8-10-21/h5-6,11H,7-10H2,1-4H3. The monoisotopic (exact) mass is 313 g/mol. The average Bonchev–Trinajstić information content (AvgIpc) is 2.75. The van der Waals surface area contributed by atoms with Crippen molar-refractivity contribution < 1.29 is 9.59 Å². The maximum Gasteiger partial charge on any atom is 0.277 e. The largest absolute Gasteiger partial charge is 0.364 e. The number of hydrogen-bond donors (Lipinski definition) is 0. The molecule has 2 amide bonds. The molecule has 0 spiro atoms. The maximum absolute atomic E-state index is 12.6. The molecular formula is C18H23N3O2. The van der Waals surface area contributed by atoms with E-state index < -0.39 is 0 Å². The van der Waals surface area contributed by atoms with Gasteiger partial charge in [-0.05, 0) is 37.6 Å². The van der Waals surface area contributed by atoms with E-state index in [1.54, 1.807) is 7.05 Å². The molecule has 2 aliphatic heterocycles. The highest BCUT2D eigenvalue weighted by atomic mass is 16.2. The number of carbonyl (C=O) groups excluding carboxylic acids is 2. The van der Waals surface area contributed by atoms with Crippen LogP contribution in [0, 0.1) is 13.8 Å². The van der Waals surface area contributed by atoms with Gasteiger partial charge in [0.05, 0.1) is 5.57 Å². The number of nitrogens with zero attached hydrogens (tertiary/aromatic N) is 3. The summed E-state index contributed by atoms with van der Waals surface area (Å²) < 4.78 is 0. The number of aryl methyl sites for hydroxylation is 2. The predicted octanol–water partition coefficient (Wildman–Crippen LogP) is 1.26. The van der Waals surface area contributed by atoms with Crippen molar-refractivity contribution >= 4 is 17.4 Å². The number of carbonyl (C=O) groups is 2. The van der Waals surface area contributed by atoms with Crippen LogP contribution in [-0.4, -0.2) is 66.8 Å². The topological polar surface area (TPSA) is 43.9 Å². The van der Waals surface area contributed by atoms with E-state index in [9.17, 15) is 9.59 Å². The minimum Gasteiger partial charge on any atom is -0.364 e. The second kappa shape index (κ2) is 5.81. The Morgan fingerprint density at radius 1 is 0.870 bits per heavy atom. The van der Waals surface area contributed by atoms with Crippen LogP contribution >= 0.6 is 0 Å². The third kappa shape index (κ3) is 2.65. The molecule has 5 nitrogen and oxygen atoms in total. The molecule has 1 fully saturated rings. The van der Waals surface area contributed by atoms with Gasteiger partial charge in [0, 0.05) is 33.2 Å². The molecule has 5 heteroatoms. The Hall–Kier alpha value is -2.14. The van der Waals surface area contributed by atoms with Crippen molar-refractivity contribution in [1.82, 2.24) is 14.7 Å². The summed E-state index contributed by atoms with van der Waals surface area (Å²) >= 11 is 0. The fraction of sp³-hybridized carbons (Fsp3) is 0.444.